The first-order valence-corrected chi connectivity index (χ1v) is 4.30. The molecule has 0 aromatic heterocycles. The van der Waals surface area contributed by atoms with Gasteiger partial charge in [-0.1, -0.05) is 11.8 Å². The topological polar surface area (TPSA) is 20.2 Å². The Morgan fingerprint density at radius 1 is 1.38 bits per heavy atom. The molecule has 0 aliphatic carbocycles. The van der Waals surface area contributed by atoms with Crippen LogP contribution in [0.4, 0.5) is 4.39 Å². The van der Waals surface area contributed by atoms with E-state index in [0.717, 1.165) is 6.07 Å². The lowest BCUT2D eigenvalue weighted by atomic mass is 10.2. The van der Waals surface area contributed by atoms with Crippen molar-refractivity contribution in [3.05, 3.63) is 29.6 Å². The maximum atomic E-state index is 12.7. The average molecular weight is 199 g/mol. The molecule has 0 aliphatic rings. The molecule has 0 unspecified atom stereocenters. The van der Waals surface area contributed by atoms with E-state index in [2.05, 4.69) is 11.8 Å². The second-order valence-electron chi connectivity index (χ2n) is 2.44. The van der Waals surface area contributed by atoms with Crippen LogP contribution in [0.3, 0.4) is 0 Å². The lowest BCUT2D eigenvalue weighted by Gasteiger charge is -1.93. The monoisotopic (exact) mass is 198 g/mol. The van der Waals surface area contributed by atoms with Gasteiger partial charge in [0.05, 0.1) is 0 Å². The van der Waals surface area contributed by atoms with Gasteiger partial charge >= 0.3 is 0 Å². The number of phenolic OH excluding ortho intramolecular Hbond substituents is 1. The van der Waals surface area contributed by atoms with Crippen LogP contribution in [0.2, 0.25) is 0 Å². The molecule has 0 aliphatic heterocycles. The van der Waals surface area contributed by atoms with E-state index >= 15 is 0 Å². The minimum Gasteiger partial charge on any atom is -0.508 e. The van der Waals surface area contributed by atoms with E-state index in [0.29, 0.717) is 17.9 Å². The molecule has 13 heavy (non-hydrogen) atoms. The molecule has 0 saturated heterocycles. The van der Waals surface area contributed by atoms with Crippen LogP contribution in [-0.2, 0) is 0 Å². The van der Waals surface area contributed by atoms with Crippen molar-refractivity contribution in [3.63, 3.8) is 0 Å². The molecule has 0 fully saturated rings. The quantitative estimate of drug-likeness (QED) is 0.543. The highest BCUT2D eigenvalue weighted by Gasteiger charge is 1.95. The molecule has 0 spiro atoms. The van der Waals surface area contributed by atoms with Crippen LogP contribution < -0.4 is 0 Å². The zero-order valence-corrected chi connectivity index (χ0v) is 7.61. The van der Waals surface area contributed by atoms with Gasteiger partial charge in [-0.15, -0.1) is 11.6 Å². The fraction of sp³-hybridized carbons (Fsp3) is 0.200. The zero-order chi connectivity index (χ0) is 9.68. The van der Waals surface area contributed by atoms with E-state index in [1.54, 1.807) is 0 Å². The second kappa shape index (κ2) is 4.74. The van der Waals surface area contributed by atoms with E-state index in [9.17, 15) is 4.39 Å². The predicted molar refractivity (Wildman–Crippen MR) is 50.3 cm³/mol. The Kier molecular flexibility index (Phi) is 3.60. The van der Waals surface area contributed by atoms with E-state index < -0.39 is 5.82 Å². The Hall–Kier alpha value is -1.20. The fourth-order valence-electron chi connectivity index (χ4n) is 0.858. The molecule has 1 N–H and O–H groups in total. The number of benzene rings is 1. The lowest BCUT2D eigenvalue weighted by Crippen LogP contribution is -1.79. The average Bonchev–Trinajstić information content (AvgIpc) is 2.03. The van der Waals surface area contributed by atoms with Crippen LogP contribution in [-0.4, -0.2) is 11.0 Å². The fourth-order valence-corrected chi connectivity index (χ4v) is 0.953. The molecule has 1 nitrogen and oxygen atoms in total. The summed E-state index contributed by atoms with van der Waals surface area (Å²) in [7, 11) is 0. The van der Waals surface area contributed by atoms with Gasteiger partial charge in [0.2, 0.25) is 0 Å². The molecule has 1 aromatic rings. The van der Waals surface area contributed by atoms with Crippen LogP contribution in [0.25, 0.3) is 0 Å². The number of rotatable bonds is 1. The summed E-state index contributed by atoms with van der Waals surface area (Å²) in [5, 5.41) is 9.02. The summed E-state index contributed by atoms with van der Waals surface area (Å²) in [6.07, 6.45) is 0.554. The zero-order valence-electron chi connectivity index (χ0n) is 6.85. The first-order chi connectivity index (χ1) is 6.22. The Labute approximate surface area is 81.2 Å². The highest BCUT2D eigenvalue weighted by molar-refractivity contribution is 6.18. The first-order valence-electron chi connectivity index (χ1n) is 3.77. The van der Waals surface area contributed by atoms with Crippen molar-refractivity contribution in [1.29, 1.82) is 0 Å². The molecule has 0 heterocycles. The molecule has 3 heteroatoms. The Morgan fingerprint density at radius 3 is 2.77 bits per heavy atom. The predicted octanol–water partition coefficient (Wildman–Crippen LogP) is 2.51. The van der Waals surface area contributed by atoms with Gasteiger partial charge < -0.3 is 5.11 Å². The highest BCUT2D eigenvalue weighted by atomic mass is 35.5. The lowest BCUT2D eigenvalue weighted by molar-refractivity contribution is 0.469. The van der Waals surface area contributed by atoms with Gasteiger partial charge in [0.15, 0.2) is 0 Å². The van der Waals surface area contributed by atoms with Gasteiger partial charge in [-0.25, -0.2) is 4.39 Å². The van der Waals surface area contributed by atoms with E-state index in [1.165, 1.54) is 12.1 Å². The Morgan fingerprint density at radius 2 is 2.15 bits per heavy atom. The minimum atomic E-state index is -0.491. The van der Waals surface area contributed by atoms with Crippen LogP contribution in [0.5, 0.6) is 5.75 Å². The smallest absolute Gasteiger partial charge is 0.128 e. The molecule has 1 rings (SSSR count). The van der Waals surface area contributed by atoms with E-state index in [1.807, 2.05) is 0 Å². The molecule has 0 bridgehead atoms. The summed E-state index contributed by atoms with van der Waals surface area (Å²) in [5.41, 5.74) is 0.461. The van der Waals surface area contributed by atoms with Crippen molar-refractivity contribution in [1.82, 2.24) is 0 Å². The Bertz CT molecular complexity index is 331. The van der Waals surface area contributed by atoms with Crippen molar-refractivity contribution in [2.45, 2.75) is 6.42 Å². The van der Waals surface area contributed by atoms with E-state index in [4.69, 9.17) is 16.7 Å². The van der Waals surface area contributed by atoms with Crippen molar-refractivity contribution < 1.29 is 9.50 Å². The maximum absolute atomic E-state index is 12.7. The summed E-state index contributed by atoms with van der Waals surface area (Å²) in [6.45, 7) is 0. The minimum absolute atomic E-state index is 0.116. The summed E-state index contributed by atoms with van der Waals surface area (Å²) in [5.74, 6) is 5.29. The van der Waals surface area contributed by atoms with Crippen molar-refractivity contribution in [2.75, 3.05) is 5.88 Å². The number of hydrogen-bond donors (Lipinski definition) is 1. The van der Waals surface area contributed by atoms with E-state index in [-0.39, 0.29) is 5.75 Å². The standard InChI is InChI=1S/C10H8ClFO/c11-4-2-1-3-8-5-9(12)7-10(13)6-8/h5-7,13H,2,4H2. The van der Waals surface area contributed by atoms with Gasteiger partial charge in [0.25, 0.3) is 0 Å². The number of phenols is 1. The van der Waals surface area contributed by atoms with Crippen LogP contribution in [0.15, 0.2) is 18.2 Å². The van der Waals surface area contributed by atoms with Gasteiger partial charge in [-0.3, -0.25) is 0 Å². The summed E-state index contributed by atoms with van der Waals surface area (Å²) < 4.78 is 12.7. The third-order valence-electron chi connectivity index (χ3n) is 1.33. The van der Waals surface area contributed by atoms with Gasteiger partial charge in [-0.05, 0) is 12.1 Å². The van der Waals surface area contributed by atoms with Gasteiger partial charge in [-0.2, -0.15) is 0 Å². The first kappa shape index (κ1) is 9.88. The molecule has 0 atom stereocenters. The number of hydrogen-bond acceptors (Lipinski definition) is 1. The molecule has 0 radical (unpaired) electrons. The maximum Gasteiger partial charge on any atom is 0.128 e. The van der Waals surface area contributed by atoms with Gasteiger partial charge in [0.1, 0.15) is 11.6 Å². The Balaban J connectivity index is 2.85. The van der Waals surface area contributed by atoms with Crippen LogP contribution in [0, 0.1) is 17.7 Å². The number of alkyl halides is 1. The molecular weight excluding hydrogens is 191 g/mol. The van der Waals surface area contributed by atoms with Crippen molar-refractivity contribution in [2.24, 2.45) is 0 Å². The molecule has 68 valence electrons. The third kappa shape index (κ3) is 3.35. The van der Waals surface area contributed by atoms with Crippen molar-refractivity contribution >= 4 is 11.6 Å². The SMILES string of the molecule is Oc1cc(F)cc(C#CCCCl)c1. The summed E-state index contributed by atoms with van der Waals surface area (Å²) >= 11 is 5.40. The molecule has 0 saturated carbocycles. The third-order valence-corrected chi connectivity index (χ3v) is 1.52. The number of aromatic hydroxyl groups is 1. The number of halogens is 2. The molecule has 1 aromatic carbocycles. The largest absolute Gasteiger partial charge is 0.508 e. The summed E-state index contributed by atoms with van der Waals surface area (Å²) in [6, 6.07) is 3.71. The second-order valence-corrected chi connectivity index (χ2v) is 2.82. The summed E-state index contributed by atoms with van der Waals surface area (Å²) in [4.78, 5) is 0. The normalized spacial score (nSPS) is 9.08. The van der Waals surface area contributed by atoms with Crippen LogP contribution in [0.1, 0.15) is 12.0 Å². The van der Waals surface area contributed by atoms with Gasteiger partial charge in [0, 0.05) is 23.9 Å². The van der Waals surface area contributed by atoms with Crippen molar-refractivity contribution in [3.8, 4) is 17.6 Å². The van der Waals surface area contributed by atoms with Crippen LogP contribution >= 0.6 is 11.6 Å². The highest BCUT2D eigenvalue weighted by Crippen LogP contribution is 2.13. The molecular formula is C10H8ClFO. The molecule has 0 amide bonds.